The average molecular weight is 604 g/mol. The van der Waals surface area contributed by atoms with Gasteiger partial charge in [-0.25, -0.2) is 4.79 Å². The minimum absolute atomic E-state index is 0.170. The molecule has 0 saturated heterocycles. The molecule has 4 rings (SSSR count). The average Bonchev–Trinajstić information content (AvgIpc) is 3.39. The van der Waals surface area contributed by atoms with Crippen LogP contribution in [0.4, 0.5) is 21.4 Å². The number of aliphatic hydroxyl groups excluding tert-OH is 1. The van der Waals surface area contributed by atoms with E-state index in [0.29, 0.717) is 23.1 Å². The van der Waals surface area contributed by atoms with Gasteiger partial charge < -0.3 is 20.5 Å². The molecule has 2 heterocycles. The summed E-state index contributed by atoms with van der Waals surface area (Å²) in [4.78, 5) is 24.4. The highest BCUT2D eigenvalue weighted by atomic mass is 32.1. The number of anilines is 3. The van der Waals surface area contributed by atoms with E-state index >= 15 is 0 Å². The van der Waals surface area contributed by atoms with Gasteiger partial charge in [0.1, 0.15) is 16.8 Å². The SMILES string of the molecule is CC(C)(C)OC(=O)Nc1ccc(CC(=O)Nc2nnc(CCCCc3ccc(NC(O)Cc4ccccc4)nn3)s2)cc1. The largest absolute Gasteiger partial charge is 0.444 e. The molecular formula is C31H37N7O4S. The molecular weight excluding hydrogens is 566 g/mol. The number of aliphatic hydroxyl groups is 1. The van der Waals surface area contributed by atoms with E-state index in [-0.39, 0.29) is 12.3 Å². The molecule has 0 fully saturated rings. The number of nitrogens with one attached hydrogen (secondary N) is 3. The Bertz CT molecular complexity index is 1460. The summed E-state index contributed by atoms with van der Waals surface area (Å²) in [5.74, 6) is 0.336. The van der Waals surface area contributed by atoms with Gasteiger partial charge in [0.15, 0.2) is 5.82 Å². The number of ether oxygens (including phenoxy) is 1. The maximum atomic E-state index is 12.5. The highest BCUT2D eigenvalue weighted by Gasteiger charge is 2.16. The second-order valence-electron chi connectivity index (χ2n) is 11.0. The van der Waals surface area contributed by atoms with Crippen LogP contribution in [-0.4, -0.2) is 49.3 Å². The second-order valence-corrected chi connectivity index (χ2v) is 12.1. The molecule has 0 aliphatic rings. The van der Waals surface area contributed by atoms with E-state index in [9.17, 15) is 14.7 Å². The minimum atomic E-state index is -0.745. The van der Waals surface area contributed by atoms with Crippen LogP contribution in [0, 0.1) is 0 Å². The van der Waals surface area contributed by atoms with Crippen molar-refractivity contribution >= 4 is 40.0 Å². The van der Waals surface area contributed by atoms with Gasteiger partial charge in [-0.05, 0) is 75.4 Å². The molecule has 12 heteroatoms. The summed E-state index contributed by atoms with van der Waals surface area (Å²) in [6.45, 7) is 5.40. The van der Waals surface area contributed by atoms with E-state index in [1.54, 1.807) is 45.0 Å². The minimum Gasteiger partial charge on any atom is -0.444 e. The van der Waals surface area contributed by atoms with Crippen molar-refractivity contribution in [1.82, 2.24) is 20.4 Å². The lowest BCUT2D eigenvalue weighted by Crippen LogP contribution is -2.27. The van der Waals surface area contributed by atoms with Crippen LogP contribution in [-0.2, 0) is 35.2 Å². The van der Waals surface area contributed by atoms with Crippen molar-refractivity contribution < 1.29 is 19.4 Å². The second kappa shape index (κ2) is 15.2. The van der Waals surface area contributed by atoms with Crippen molar-refractivity contribution in [3.63, 3.8) is 0 Å². The number of hydrogen-bond donors (Lipinski definition) is 4. The first-order valence-electron chi connectivity index (χ1n) is 14.1. The van der Waals surface area contributed by atoms with Crippen LogP contribution in [0.3, 0.4) is 0 Å². The Morgan fingerprint density at radius 2 is 1.60 bits per heavy atom. The fraction of sp³-hybridized carbons (Fsp3) is 0.355. The molecule has 4 aromatic rings. The molecule has 43 heavy (non-hydrogen) atoms. The van der Waals surface area contributed by atoms with E-state index in [4.69, 9.17) is 4.74 Å². The van der Waals surface area contributed by atoms with Crippen LogP contribution >= 0.6 is 11.3 Å². The summed E-state index contributed by atoms with van der Waals surface area (Å²) in [6.07, 6.45) is 2.69. The molecule has 226 valence electrons. The lowest BCUT2D eigenvalue weighted by molar-refractivity contribution is -0.115. The van der Waals surface area contributed by atoms with Crippen LogP contribution in [0.25, 0.3) is 0 Å². The third-order valence-electron chi connectivity index (χ3n) is 6.06. The predicted octanol–water partition coefficient (Wildman–Crippen LogP) is 5.39. The lowest BCUT2D eigenvalue weighted by atomic mass is 10.1. The molecule has 1 atom stereocenters. The molecule has 1 unspecified atom stereocenters. The van der Waals surface area contributed by atoms with E-state index < -0.39 is 17.9 Å². The number of carbonyl (C=O) groups is 2. The number of aromatic nitrogens is 4. The highest BCUT2D eigenvalue weighted by Crippen LogP contribution is 2.19. The summed E-state index contributed by atoms with van der Waals surface area (Å²) >= 11 is 1.36. The van der Waals surface area contributed by atoms with E-state index in [1.807, 2.05) is 42.5 Å². The molecule has 4 N–H and O–H groups in total. The van der Waals surface area contributed by atoms with Crippen LogP contribution in [0.15, 0.2) is 66.7 Å². The van der Waals surface area contributed by atoms with E-state index in [0.717, 1.165) is 47.5 Å². The van der Waals surface area contributed by atoms with Gasteiger partial charge in [0.2, 0.25) is 11.0 Å². The molecule has 2 aromatic carbocycles. The number of aryl methyl sites for hydroxylation is 2. The van der Waals surface area contributed by atoms with E-state index in [2.05, 4.69) is 36.3 Å². The molecule has 0 bridgehead atoms. The zero-order valence-electron chi connectivity index (χ0n) is 24.5. The van der Waals surface area contributed by atoms with Crippen LogP contribution in [0.1, 0.15) is 55.4 Å². The number of rotatable bonds is 13. The van der Waals surface area contributed by atoms with Gasteiger partial charge in [0, 0.05) is 18.5 Å². The molecule has 2 aromatic heterocycles. The van der Waals surface area contributed by atoms with Gasteiger partial charge in [-0.15, -0.1) is 15.3 Å². The fourth-order valence-corrected chi connectivity index (χ4v) is 4.89. The normalized spacial score (nSPS) is 11.9. The Balaban J connectivity index is 1.13. The summed E-state index contributed by atoms with van der Waals surface area (Å²) in [6, 6.07) is 20.5. The monoisotopic (exact) mass is 603 g/mol. The Labute approximate surface area is 255 Å². The molecule has 0 saturated carbocycles. The van der Waals surface area contributed by atoms with Gasteiger partial charge in [-0.2, -0.15) is 5.10 Å². The van der Waals surface area contributed by atoms with Crippen LogP contribution in [0.5, 0.6) is 0 Å². The Hall–Kier alpha value is -4.42. The number of nitrogens with zero attached hydrogens (tertiary/aromatic N) is 4. The van der Waals surface area contributed by atoms with Crippen molar-refractivity contribution in [3.05, 3.63) is 88.6 Å². The Kier molecular flexibility index (Phi) is 11.1. The first-order valence-corrected chi connectivity index (χ1v) is 15.0. The number of hydrogen-bond acceptors (Lipinski definition) is 10. The van der Waals surface area contributed by atoms with Gasteiger partial charge in [0.05, 0.1) is 12.1 Å². The van der Waals surface area contributed by atoms with Gasteiger partial charge >= 0.3 is 6.09 Å². The lowest BCUT2D eigenvalue weighted by Gasteiger charge is -2.19. The van der Waals surface area contributed by atoms with Gasteiger partial charge in [0.25, 0.3) is 0 Å². The van der Waals surface area contributed by atoms with Crippen molar-refractivity contribution in [2.75, 3.05) is 16.0 Å². The van der Waals surface area contributed by atoms with Gasteiger partial charge in [-0.3, -0.25) is 10.1 Å². The topological polar surface area (TPSA) is 151 Å². The fourth-order valence-electron chi connectivity index (χ4n) is 4.09. The molecule has 0 aliphatic carbocycles. The molecule has 11 nitrogen and oxygen atoms in total. The van der Waals surface area contributed by atoms with Gasteiger partial charge in [-0.1, -0.05) is 53.8 Å². The highest BCUT2D eigenvalue weighted by molar-refractivity contribution is 7.15. The molecule has 2 amide bonds. The third kappa shape index (κ3) is 11.4. The number of amides is 2. The maximum Gasteiger partial charge on any atom is 0.412 e. The Morgan fingerprint density at radius 3 is 2.30 bits per heavy atom. The first-order chi connectivity index (χ1) is 20.6. The van der Waals surface area contributed by atoms with Crippen molar-refractivity contribution in [2.24, 2.45) is 0 Å². The number of benzene rings is 2. The third-order valence-corrected chi connectivity index (χ3v) is 6.96. The van der Waals surface area contributed by atoms with Crippen LogP contribution in [0.2, 0.25) is 0 Å². The van der Waals surface area contributed by atoms with E-state index in [1.165, 1.54) is 11.3 Å². The molecule has 0 aliphatic heterocycles. The standard InChI is InChI=1S/C31H37N7O4S/c1-31(2,3)42-30(41)32-23-15-13-22(14-16-23)20-27(40)34-29-38-37-28(43-29)12-8-7-11-24-17-18-25(36-35-24)33-26(39)19-21-9-5-4-6-10-21/h4-6,9-10,13-18,26,39H,7-8,11-12,19-20H2,1-3H3,(H,32,41)(H,33,36)(H,34,38,40). The van der Waals surface area contributed by atoms with Crippen molar-refractivity contribution in [2.45, 2.75) is 71.1 Å². The quantitative estimate of drug-likeness (QED) is 0.116. The van der Waals surface area contributed by atoms with Crippen molar-refractivity contribution in [1.29, 1.82) is 0 Å². The summed E-state index contributed by atoms with van der Waals surface area (Å²) < 4.78 is 5.24. The zero-order valence-corrected chi connectivity index (χ0v) is 25.4. The summed E-state index contributed by atoms with van der Waals surface area (Å²) in [7, 11) is 0. The summed E-state index contributed by atoms with van der Waals surface area (Å²) in [5, 5.41) is 36.8. The predicted molar refractivity (Wildman–Crippen MR) is 167 cm³/mol. The number of unbranched alkanes of at least 4 members (excludes halogenated alkanes) is 1. The first kappa shape index (κ1) is 31.5. The number of carbonyl (C=O) groups excluding carboxylic acids is 2. The van der Waals surface area contributed by atoms with Crippen molar-refractivity contribution in [3.8, 4) is 0 Å². The van der Waals surface area contributed by atoms with Crippen LogP contribution < -0.4 is 16.0 Å². The Morgan fingerprint density at radius 1 is 0.860 bits per heavy atom. The maximum absolute atomic E-state index is 12.5. The smallest absolute Gasteiger partial charge is 0.412 e. The summed E-state index contributed by atoms with van der Waals surface area (Å²) in [5.41, 5.74) is 2.72. The molecule has 0 radical (unpaired) electrons. The molecule has 0 spiro atoms. The zero-order chi connectivity index (χ0) is 30.7.